The van der Waals surface area contributed by atoms with Crippen molar-refractivity contribution in [3.63, 3.8) is 0 Å². The molecule has 80 valence electrons. The molecule has 1 aromatic rings. The summed E-state index contributed by atoms with van der Waals surface area (Å²) in [5.41, 5.74) is 2.24. The molecule has 0 aromatic heterocycles. The molecule has 4 nitrogen and oxygen atoms in total. The summed E-state index contributed by atoms with van der Waals surface area (Å²) >= 11 is 0. The third kappa shape index (κ3) is 3.81. The fraction of sp³-hybridized carbons (Fsp3) is 0.273. The molecular weight excluding hydrogens is 192 g/mol. The van der Waals surface area contributed by atoms with Crippen molar-refractivity contribution in [2.24, 2.45) is 0 Å². The van der Waals surface area contributed by atoms with Crippen molar-refractivity contribution < 1.29 is 4.92 Å². The van der Waals surface area contributed by atoms with Crippen LogP contribution in [-0.4, -0.2) is 11.5 Å². The molecule has 4 heteroatoms. The Hall–Kier alpha value is -1.84. The number of non-ortho nitro benzene ring substituents is 1. The lowest BCUT2D eigenvalue weighted by molar-refractivity contribution is -0.384. The molecule has 15 heavy (non-hydrogen) atoms. The van der Waals surface area contributed by atoms with Crippen LogP contribution in [0.4, 0.5) is 11.4 Å². The molecule has 0 saturated heterocycles. The van der Waals surface area contributed by atoms with Gasteiger partial charge in [0.05, 0.1) is 4.92 Å². The van der Waals surface area contributed by atoms with Gasteiger partial charge in [-0.2, -0.15) is 0 Å². The Balaban J connectivity index is 2.57. The second kappa shape index (κ2) is 5.14. The number of allylic oxidation sites excluding steroid dienone is 1. The highest BCUT2D eigenvalue weighted by Crippen LogP contribution is 2.14. The van der Waals surface area contributed by atoms with Crippen LogP contribution < -0.4 is 5.32 Å². The SMILES string of the molecule is CC(C)=CCNc1ccc([N+](=O)[O-])cc1. The average molecular weight is 206 g/mol. The van der Waals surface area contributed by atoms with Gasteiger partial charge in [-0.1, -0.05) is 11.6 Å². The van der Waals surface area contributed by atoms with Crippen molar-refractivity contribution in [1.29, 1.82) is 0 Å². The van der Waals surface area contributed by atoms with Gasteiger partial charge in [0.1, 0.15) is 0 Å². The first-order valence-corrected chi connectivity index (χ1v) is 4.71. The maximum absolute atomic E-state index is 10.4. The first-order valence-electron chi connectivity index (χ1n) is 4.71. The summed E-state index contributed by atoms with van der Waals surface area (Å²) in [5, 5.41) is 13.5. The Morgan fingerprint density at radius 1 is 1.40 bits per heavy atom. The van der Waals surface area contributed by atoms with E-state index in [1.807, 2.05) is 13.8 Å². The van der Waals surface area contributed by atoms with E-state index in [-0.39, 0.29) is 5.69 Å². The van der Waals surface area contributed by atoms with E-state index < -0.39 is 4.92 Å². The molecule has 0 fully saturated rings. The van der Waals surface area contributed by atoms with Crippen LogP contribution >= 0.6 is 0 Å². The molecule has 0 aliphatic carbocycles. The van der Waals surface area contributed by atoms with Crippen molar-refractivity contribution >= 4 is 11.4 Å². The van der Waals surface area contributed by atoms with Crippen LogP contribution in [-0.2, 0) is 0 Å². The molecule has 0 saturated carbocycles. The minimum Gasteiger partial charge on any atom is -0.382 e. The van der Waals surface area contributed by atoms with E-state index in [0.29, 0.717) is 0 Å². The highest BCUT2D eigenvalue weighted by Gasteiger charge is 2.02. The van der Waals surface area contributed by atoms with Crippen molar-refractivity contribution in [1.82, 2.24) is 0 Å². The number of hydrogen-bond donors (Lipinski definition) is 1. The molecule has 0 spiro atoms. The van der Waals surface area contributed by atoms with Crippen LogP contribution in [0, 0.1) is 10.1 Å². The third-order valence-electron chi connectivity index (χ3n) is 1.89. The third-order valence-corrected chi connectivity index (χ3v) is 1.89. The van der Waals surface area contributed by atoms with Crippen molar-refractivity contribution in [2.75, 3.05) is 11.9 Å². The largest absolute Gasteiger partial charge is 0.382 e. The van der Waals surface area contributed by atoms with E-state index in [4.69, 9.17) is 0 Å². The minimum absolute atomic E-state index is 0.114. The van der Waals surface area contributed by atoms with Crippen LogP contribution in [0.25, 0.3) is 0 Å². The highest BCUT2D eigenvalue weighted by molar-refractivity contribution is 5.48. The average Bonchev–Trinajstić information content (AvgIpc) is 2.18. The summed E-state index contributed by atoms with van der Waals surface area (Å²) in [4.78, 5) is 9.99. The smallest absolute Gasteiger partial charge is 0.269 e. The van der Waals surface area contributed by atoms with E-state index in [1.165, 1.54) is 17.7 Å². The monoisotopic (exact) mass is 206 g/mol. The summed E-state index contributed by atoms with van der Waals surface area (Å²) in [6.07, 6.45) is 2.06. The van der Waals surface area contributed by atoms with E-state index >= 15 is 0 Å². The molecule has 1 rings (SSSR count). The van der Waals surface area contributed by atoms with Gasteiger partial charge in [-0.15, -0.1) is 0 Å². The van der Waals surface area contributed by atoms with E-state index in [9.17, 15) is 10.1 Å². The van der Waals surface area contributed by atoms with Crippen molar-refractivity contribution in [2.45, 2.75) is 13.8 Å². The van der Waals surface area contributed by atoms with Gasteiger partial charge in [0.15, 0.2) is 0 Å². The zero-order chi connectivity index (χ0) is 11.3. The molecule has 0 heterocycles. The predicted molar refractivity (Wildman–Crippen MR) is 61.0 cm³/mol. The Morgan fingerprint density at radius 2 is 2.00 bits per heavy atom. The number of benzene rings is 1. The molecule has 0 amide bonds. The molecule has 0 bridgehead atoms. The zero-order valence-corrected chi connectivity index (χ0v) is 8.86. The van der Waals surface area contributed by atoms with Gasteiger partial charge in [0.2, 0.25) is 0 Å². The summed E-state index contributed by atoms with van der Waals surface area (Å²) in [6, 6.07) is 6.39. The summed E-state index contributed by atoms with van der Waals surface area (Å²) in [7, 11) is 0. The second-order valence-electron chi connectivity index (χ2n) is 3.47. The van der Waals surface area contributed by atoms with Crippen molar-refractivity contribution in [3.05, 3.63) is 46.0 Å². The summed E-state index contributed by atoms with van der Waals surface area (Å²) in [6.45, 7) is 4.79. The van der Waals surface area contributed by atoms with Crippen molar-refractivity contribution in [3.8, 4) is 0 Å². The first-order chi connectivity index (χ1) is 7.09. The number of hydrogen-bond acceptors (Lipinski definition) is 3. The molecule has 0 aliphatic heterocycles. The molecule has 0 unspecified atom stereocenters. The quantitative estimate of drug-likeness (QED) is 0.468. The zero-order valence-electron chi connectivity index (χ0n) is 8.86. The fourth-order valence-electron chi connectivity index (χ4n) is 1.07. The molecule has 1 aromatic carbocycles. The molecule has 1 N–H and O–H groups in total. The van der Waals surface area contributed by atoms with E-state index in [1.54, 1.807) is 12.1 Å². The maximum Gasteiger partial charge on any atom is 0.269 e. The van der Waals surface area contributed by atoms with Crippen LogP contribution in [0.5, 0.6) is 0 Å². The van der Waals surface area contributed by atoms with Gasteiger partial charge in [-0.05, 0) is 26.0 Å². The fourth-order valence-corrected chi connectivity index (χ4v) is 1.07. The lowest BCUT2D eigenvalue weighted by Crippen LogP contribution is -1.98. The number of nitro groups is 1. The molecule has 0 atom stereocenters. The minimum atomic E-state index is -0.403. The molecule has 0 radical (unpaired) electrons. The molecule has 0 aliphatic rings. The van der Waals surface area contributed by atoms with Crippen LogP contribution in [0.3, 0.4) is 0 Å². The number of rotatable bonds is 4. The normalized spacial score (nSPS) is 9.47. The van der Waals surface area contributed by atoms with Crippen LogP contribution in [0.15, 0.2) is 35.9 Å². The van der Waals surface area contributed by atoms with Crippen LogP contribution in [0.2, 0.25) is 0 Å². The Kier molecular flexibility index (Phi) is 3.85. The predicted octanol–water partition coefficient (Wildman–Crippen LogP) is 2.97. The maximum atomic E-state index is 10.4. The standard InChI is InChI=1S/C11H14N2O2/c1-9(2)7-8-12-10-3-5-11(6-4-10)13(14)15/h3-7,12H,8H2,1-2H3. The van der Waals surface area contributed by atoms with Gasteiger partial charge in [0.25, 0.3) is 5.69 Å². The number of nitrogens with zero attached hydrogens (tertiary/aromatic N) is 1. The van der Waals surface area contributed by atoms with Crippen LogP contribution in [0.1, 0.15) is 13.8 Å². The molecular formula is C11H14N2O2. The van der Waals surface area contributed by atoms with Gasteiger partial charge in [-0.3, -0.25) is 10.1 Å². The van der Waals surface area contributed by atoms with E-state index in [0.717, 1.165) is 12.2 Å². The number of nitrogens with one attached hydrogen (secondary N) is 1. The Bertz CT molecular complexity index is 365. The number of anilines is 1. The topological polar surface area (TPSA) is 55.2 Å². The first kappa shape index (κ1) is 11.2. The summed E-state index contributed by atoms with van der Waals surface area (Å²) in [5.74, 6) is 0. The lowest BCUT2D eigenvalue weighted by Gasteiger charge is -2.02. The van der Waals surface area contributed by atoms with Gasteiger partial charge >= 0.3 is 0 Å². The van der Waals surface area contributed by atoms with E-state index in [2.05, 4.69) is 11.4 Å². The second-order valence-corrected chi connectivity index (χ2v) is 3.47. The van der Waals surface area contributed by atoms with Gasteiger partial charge < -0.3 is 5.32 Å². The van der Waals surface area contributed by atoms with Gasteiger partial charge in [0, 0.05) is 24.4 Å². The lowest BCUT2D eigenvalue weighted by atomic mass is 10.2. The van der Waals surface area contributed by atoms with Gasteiger partial charge in [-0.25, -0.2) is 0 Å². The Labute approximate surface area is 88.8 Å². The summed E-state index contributed by atoms with van der Waals surface area (Å²) < 4.78 is 0. The Morgan fingerprint density at radius 3 is 2.47 bits per heavy atom. The number of nitro benzene ring substituents is 1. The highest BCUT2D eigenvalue weighted by atomic mass is 16.6.